The molecule has 0 aliphatic rings. The predicted octanol–water partition coefficient (Wildman–Crippen LogP) is 1.06. The number of benzene rings is 2. The van der Waals surface area contributed by atoms with Crippen LogP contribution in [0.4, 0.5) is 0 Å². The van der Waals surface area contributed by atoms with E-state index in [1.165, 1.54) is 31.4 Å². The van der Waals surface area contributed by atoms with E-state index in [-0.39, 0.29) is 11.3 Å². The molecule has 0 aliphatic carbocycles. The summed E-state index contributed by atoms with van der Waals surface area (Å²) in [5.74, 6) is 5.16. The lowest BCUT2D eigenvalue weighted by atomic mass is 10.1. The van der Waals surface area contributed by atoms with E-state index in [0.29, 0.717) is 5.75 Å². The summed E-state index contributed by atoms with van der Waals surface area (Å²) < 4.78 is 32.8. The molecule has 0 saturated carbocycles. The van der Waals surface area contributed by atoms with Crippen molar-refractivity contribution in [3.63, 3.8) is 0 Å². The molecule has 0 aliphatic heterocycles. The molecule has 2 aromatic carbocycles. The Morgan fingerprint density at radius 2 is 1.89 bits per heavy atom. The first-order valence-electron chi connectivity index (χ1n) is 8.16. The Bertz CT molecular complexity index is 1040. The van der Waals surface area contributed by atoms with E-state index in [4.69, 9.17) is 10.6 Å². The van der Waals surface area contributed by atoms with Gasteiger partial charge in [0.25, 0.3) is 5.91 Å². The van der Waals surface area contributed by atoms with E-state index in [2.05, 4.69) is 9.71 Å². The standard InChI is InChI=1S/C18H20N4O4S/c1-26-13-6-8-14(9-7-13)27(24,25)22-17(18(23)21-19)10-12-11-20-16-5-3-2-4-15(12)16/h2-9,11,17,20,22H,10,19H2,1H3,(H,21,23). The molecule has 27 heavy (non-hydrogen) atoms. The van der Waals surface area contributed by atoms with Crippen molar-refractivity contribution in [2.75, 3.05) is 7.11 Å². The number of nitrogens with two attached hydrogens (primary N) is 1. The van der Waals surface area contributed by atoms with Crippen LogP contribution in [0, 0.1) is 0 Å². The Morgan fingerprint density at radius 1 is 1.19 bits per heavy atom. The van der Waals surface area contributed by atoms with E-state index in [0.717, 1.165) is 16.5 Å². The molecular formula is C18H20N4O4S. The van der Waals surface area contributed by atoms with Gasteiger partial charge in [0.1, 0.15) is 11.8 Å². The van der Waals surface area contributed by atoms with Gasteiger partial charge in [0.15, 0.2) is 0 Å². The number of aromatic nitrogens is 1. The highest BCUT2D eigenvalue weighted by atomic mass is 32.2. The summed E-state index contributed by atoms with van der Waals surface area (Å²) in [6.45, 7) is 0. The van der Waals surface area contributed by atoms with Crippen LogP contribution in [0.5, 0.6) is 5.75 Å². The molecule has 9 heteroatoms. The Kier molecular flexibility index (Phi) is 5.45. The van der Waals surface area contributed by atoms with Crippen LogP contribution in [0.25, 0.3) is 10.9 Å². The summed E-state index contributed by atoms with van der Waals surface area (Å²) in [6, 6.07) is 12.4. The second-order valence-corrected chi connectivity index (χ2v) is 7.64. The molecule has 1 heterocycles. The first kappa shape index (κ1) is 18.9. The van der Waals surface area contributed by atoms with Gasteiger partial charge in [0, 0.05) is 17.1 Å². The van der Waals surface area contributed by atoms with Crippen LogP contribution in [0.15, 0.2) is 59.6 Å². The van der Waals surface area contributed by atoms with Crippen molar-refractivity contribution in [2.45, 2.75) is 17.4 Å². The Morgan fingerprint density at radius 3 is 2.56 bits per heavy atom. The third-order valence-electron chi connectivity index (χ3n) is 4.22. The van der Waals surface area contributed by atoms with Gasteiger partial charge in [0.2, 0.25) is 10.0 Å². The maximum atomic E-state index is 12.7. The van der Waals surface area contributed by atoms with E-state index in [9.17, 15) is 13.2 Å². The molecule has 3 aromatic rings. The van der Waals surface area contributed by atoms with Crippen LogP contribution in [0.2, 0.25) is 0 Å². The molecule has 0 radical (unpaired) electrons. The van der Waals surface area contributed by atoms with Gasteiger partial charge in [-0.25, -0.2) is 14.3 Å². The summed E-state index contributed by atoms with van der Waals surface area (Å²) in [7, 11) is -2.44. The number of hydrazine groups is 1. The lowest BCUT2D eigenvalue weighted by Crippen LogP contribution is -2.49. The van der Waals surface area contributed by atoms with Gasteiger partial charge in [0.05, 0.1) is 12.0 Å². The number of para-hydroxylation sites is 1. The van der Waals surface area contributed by atoms with Gasteiger partial charge in [-0.1, -0.05) is 18.2 Å². The Labute approximate surface area is 156 Å². The van der Waals surface area contributed by atoms with Gasteiger partial charge in [-0.15, -0.1) is 0 Å². The van der Waals surface area contributed by atoms with Gasteiger partial charge in [-0.3, -0.25) is 10.2 Å². The first-order chi connectivity index (χ1) is 12.9. The smallest absolute Gasteiger partial charge is 0.252 e. The summed E-state index contributed by atoms with van der Waals surface area (Å²) in [6.07, 6.45) is 1.89. The highest BCUT2D eigenvalue weighted by molar-refractivity contribution is 7.89. The number of nitrogens with one attached hydrogen (secondary N) is 3. The third kappa shape index (κ3) is 4.11. The summed E-state index contributed by atoms with van der Waals surface area (Å²) >= 11 is 0. The fourth-order valence-corrected chi connectivity index (χ4v) is 4.01. The minimum atomic E-state index is -3.93. The van der Waals surface area contributed by atoms with Crippen molar-refractivity contribution in [3.05, 3.63) is 60.3 Å². The molecule has 1 unspecified atom stereocenters. The average Bonchev–Trinajstić information content (AvgIpc) is 3.09. The maximum Gasteiger partial charge on any atom is 0.252 e. The summed E-state index contributed by atoms with van der Waals surface area (Å²) in [4.78, 5) is 15.3. The molecule has 142 valence electrons. The van der Waals surface area contributed by atoms with E-state index in [1.54, 1.807) is 6.20 Å². The minimum Gasteiger partial charge on any atom is -0.497 e. The largest absolute Gasteiger partial charge is 0.497 e. The highest BCUT2D eigenvalue weighted by Gasteiger charge is 2.26. The van der Waals surface area contributed by atoms with Gasteiger partial charge in [-0.05, 0) is 42.3 Å². The number of fused-ring (bicyclic) bond motifs is 1. The van der Waals surface area contributed by atoms with Gasteiger partial charge < -0.3 is 9.72 Å². The van der Waals surface area contributed by atoms with Crippen LogP contribution in [0.1, 0.15) is 5.56 Å². The number of ether oxygens (including phenoxy) is 1. The third-order valence-corrected chi connectivity index (χ3v) is 5.71. The fraction of sp³-hybridized carbons (Fsp3) is 0.167. The first-order valence-corrected chi connectivity index (χ1v) is 9.65. The number of methoxy groups -OCH3 is 1. The summed E-state index contributed by atoms with van der Waals surface area (Å²) in [5, 5.41) is 0.913. The zero-order chi connectivity index (χ0) is 19.4. The number of sulfonamides is 1. The molecule has 3 rings (SSSR count). The topological polar surface area (TPSA) is 126 Å². The Hall–Kier alpha value is -2.88. The number of rotatable bonds is 7. The monoisotopic (exact) mass is 388 g/mol. The fourth-order valence-electron chi connectivity index (χ4n) is 2.82. The maximum absolute atomic E-state index is 12.7. The van der Waals surface area contributed by atoms with E-state index >= 15 is 0 Å². The van der Waals surface area contributed by atoms with Gasteiger partial charge >= 0.3 is 0 Å². The second kappa shape index (κ2) is 7.78. The molecule has 1 atom stereocenters. The normalized spacial score (nSPS) is 12.7. The number of carbonyl (C=O) groups excluding carboxylic acids is 1. The predicted molar refractivity (Wildman–Crippen MR) is 101 cm³/mol. The van der Waals surface area contributed by atoms with Crippen LogP contribution >= 0.6 is 0 Å². The molecule has 5 N–H and O–H groups in total. The molecule has 0 saturated heterocycles. The number of H-pyrrole nitrogens is 1. The summed E-state index contributed by atoms with van der Waals surface area (Å²) in [5.41, 5.74) is 3.72. The molecule has 0 fully saturated rings. The lowest BCUT2D eigenvalue weighted by Gasteiger charge is -2.17. The molecule has 0 bridgehead atoms. The molecule has 1 aromatic heterocycles. The van der Waals surface area contributed by atoms with Gasteiger partial charge in [-0.2, -0.15) is 4.72 Å². The molecule has 8 nitrogen and oxygen atoms in total. The number of aromatic amines is 1. The van der Waals surface area contributed by atoms with Crippen molar-refractivity contribution in [2.24, 2.45) is 5.84 Å². The van der Waals surface area contributed by atoms with E-state index < -0.39 is 22.0 Å². The average molecular weight is 388 g/mol. The lowest BCUT2D eigenvalue weighted by molar-refractivity contribution is -0.122. The minimum absolute atomic E-state index is 0.0250. The zero-order valence-electron chi connectivity index (χ0n) is 14.6. The highest BCUT2D eigenvalue weighted by Crippen LogP contribution is 2.20. The molecular weight excluding hydrogens is 368 g/mol. The number of carbonyl (C=O) groups is 1. The number of hydrogen-bond acceptors (Lipinski definition) is 5. The molecule has 1 amide bonds. The van der Waals surface area contributed by atoms with Crippen LogP contribution in [-0.4, -0.2) is 32.5 Å². The Balaban J connectivity index is 1.87. The van der Waals surface area contributed by atoms with Crippen molar-refractivity contribution >= 4 is 26.8 Å². The van der Waals surface area contributed by atoms with Crippen LogP contribution in [0.3, 0.4) is 0 Å². The van der Waals surface area contributed by atoms with E-state index in [1.807, 2.05) is 29.7 Å². The van der Waals surface area contributed by atoms with Crippen molar-refractivity contribution in [1.29, 1.82) is 0 Å². The van der Waals surface area contributed by atoms with Crippen molar-refractivity contribution in [1.82, 2.24) is 15.1 Å². The van der Waals surface area contributed by atoms with Crippen molar-refractivity contribution in [3.8, 4) is 5.75 Å². The SMILES string of the molecule is COc1ccc(S(=O)(=O)NC(Cc2c[nH]c3ccccc23)C(=O)NN)cc1. The quantitative estimate of drug-likeness (QED) is 0.273. The zero-order valence-corrected chi connectivity index (χ0v) is 15.4. The van der Waals surface area contributed by atoms with Crippen molar-refractivity contribution < 1.29 is 17.9 Å². The number of hydrogen-bond donors (Lipinski definition) is 4. The van der Waals surface area contributed by atoms with Crippen LogP contribution in [-0.2, 0) is 21.2 Å². The second-order valence-electron chi connectivity index (χ2n) is 5.92. The number of amides is 1. The van der Waals surface area contributed by atoms with Crippen LogP contribution < -0.4 is 20.7 Å². The molecule has 0 spiro atoms.